The molecular formula is C23H24N4O2S. The van der Waals surface area contributed by atoms with Gasteiger partial charge in [-0.05, 0) is 75.1 Å². The highest BCUT2D eigenvalue weighted by Gasteiger charge is 2.20. The van der Waals surface area contributed by atoms with Gasteiger partial charge in [0.2, 0.25) is 0 Å². The zero-order chi connectivity index (χ0) is 21.6. The van der Waals surface area contributed by atoms with Crippen LogP contribution in [-0.2, 0) is 10.0 Å². The molecule has 0 bridgehead atoms. The van der Waals surface area contributed by atoms with E-state index >= 15 is 0 Å². The molecule has 0 aliphatic carbocycles. The minimum Gasteiger partial charge on any atom is -0.279 e. The van der Waals surface area contributed by atoms with Crippen LogP contribution in [0.4, 0.5) is 5.69 Å². The normalized spacial score (nSPS) is 11.8. The number of hydrogen-bond acceptors (Lipinski definition) is 4. The van der Waals surface area contributed by atoms with Crippen molar-refractivity contribution in [2.75, 3.05) is 4.72 Å². The van der Waals surface area contributed by atoms with Crippen LogP contribution < -0.4 is 4.72 Å². The Morgan fingerprint density at radius 3 is 2.40 bits per heavy atom. The van der Waals surface area contributed by atoms with E-state index in [1.165, 1.54) is 0 Å². The number of aromatic nitrogens is 3. The number of nitrogens with zero attached hydrogens (tertiary/aromatic N) is 3. The van der Waals surface area contributed by atoms with Gasteiger partial charge in [0.15, 0.2) is 5.65 Å². The lowest BCUT2D eigenvalue weighted by molar-refractivity contribution is 0.600. The van der Waals surface area contributed by atoms with Gasteiger partial charge in [-0.3, -0.25) is 4.72 Å². The smallest absolute Gasteiger partial charge is 0.262 e. The molecule has 1 N–H and O–H groups in total. The standard InChI is InChI=1S/C23H24N4O2S/c1-14-6-7-15(2)21(10-14)26-30(28,29)22-12-19(9-8-16(22)3)20-13-24-27-18(5)11-17(4)25-23(20)27/h6-13,26H,1-5H3. The largest absolute Gasteiger partial charge is 0.279 e. The third-order valence-corrected chi connectivity index (χ3v) is 6.71. The summed E-state index contributed by atoms with van der Waals surface area (Å²) in [5.74, 6) is 0. The first kappa shape index (κ1) is 20.1. The Labute approximate surface area is 176 Å². The van der Waals surface area contributed by atoms with Gasteiger partial charge in [0.05, 0.1) is 16.8 Å². The average Bonchev–Trinajstić information content (AvgIpc) is 3.09. The van der Waals surface area contributed by atoms with Gasteiger partial charge in [-0.2, -0.15) is 5.10 Å². The summed E-state index contributed by atoms with van der Waals surface area (Å²) in [7, 11) is -3.76. The van der Waals surface area contributed by atoms with Gasteiger partial charge < -0.3 is 0 Å². The molecule has 7 heteroatoms. The lowest BCUT2D eigenvalue weighted by Crippen LogP contribution is -2.15. The molecule has 2 heterocycles. The lowest BCUT2D eigenvalue weighted by Gasteiger charge is -2.14. The molecule has 2 aromatic heterocycles. The molecule has 4 aromatic rings. The van der Waals surface area contributed by atoms with Crippen LogP contribution in [-0.4, -0.2) is 23.0 Å². The number of nitrogens with one attached hydrogen (secondary N) is 1. The first-order valence-electron chi connectivity index (χ1n) is 9.69. The molecule has 0 unspecified atom stereocenters. The van der Waals surface area contributed by atoms with Crippen molar-refractivity contribution >= 4 is 21.4 Å². The van der Waals surface area contributed by atoms with Crippen molar-refractivity contribution in [1.29, 1.82) is 0 Å². The van der Waals surface area contributed by atoms with Gasteiger partial charge in [0.25, 0.3) is 10.0 Å². The van der Waals surface area contributed by atoms with E-state index in [-0.39, 0.29) is 4.90 Å². The van der Waals surface area contributed by atoms with Crippen LogP contribution in [0.1, 0.15) is 28.1 Å². The Bertz CT molecular complexity index is 1390. The third kappa shape index (κ3) is 3.57. The SMILES string of the molecule is Cc1ccc(C)c(NS(=O)(=O)c2cc(-c3cnn4c(C)cc(C)nc34)ccc2C)c1. The molecule has 6 nitrogen and oxygen atoms in total. The molecule has 0 atom stereocenters. The quantitative estimate of drug-likeness (QED) is 0.517. The number of rotatable bonds is 4. The van der Waals surface area contributed by atoms with Gasteiger partial charge in [-0.1, -0.05) is 24.3 Å². The van der Waals surface area contributed by atoms with Crippen molar-refractivity contribution in [1.82, 2.24) is 14.6 Å². The van der Waals surface area contributed by atoms with Crippen molar-refractivity contribution in [3.63, 3.8) is 0 Å². The molecule has 0 saturated carbocycles. The summed E-state index contributed by atoms with van der Waals surface area (Å²) in [5, 5.41) is 4.43. The second-order valence-electron chi connectivity index (χ2n) is 7.74. The second kappa shape index (κ2) is 7.25. The lowest BCUT2D eigenvalue weighted by atomic mass is 10.1. The van der Waals surface area contributed by atoms with Gasteiger partial charge in [0, 0.05) is 17.0 Å². The van der Waals surface area contributed by atoms with E-state index in [1.807, 2.05) is 64.1 Å². The minimum absolute atomic E-state index is 0.240. The topological polar surface area (TPSA) is 76.4 Å². The highest BCUT2D eigenvalue weighted by molar-refractivity contribution is 7.92. The van der Waals surface area contributed by atoms with E-state index in [2.05, 4.69) is 14.8 Å². The molecule has 0 aliphatic heterocycles. The predicted molar refractivity (Wildman–Crippen MR) is 119 cm³/mol. The van der Waals surface area contributed by atoms with Gasteiger partial charge in [0.1, 0.15) is 0 Å². The van der Waals surface area contributed by atoms with Crippen LogP contribution in [0.25, 0.3) is 16.8 Å². The summed E-state index contributed by atoms with van der Waals surface area (Å²) in [4.78, 5) is 4.85. The van der Waals surface area contributed by atoms with Gasteiger partial charge >= 0.3 is 0 Å². The zero-order valence-corrected chi connectivity index (χ0v) is 18.5. The fourth-order valence-electron chi connectivity index (χ4n) is 3.58. The van der Waals surface area contributed by atoms with Crippen LogP contribution in [0.3, 0.4) is 0 Å². The van der Waals surface area contributed by atoms with Crippen LogP contribution in [0.5, 0.6) is 0 Å². The highest BCUT2D eigenvalue weighted by atomic mass is 32.2. The Hall–Kier alpha value is -3.19. The molecule has 2 aromatic carbocycles. The summed E-state index contributed by atoms with van der Waals surface area (Å²) in [6.45, 7) is 9.52. The highest BCUT2D eigenvalue weighted by Crippen LogP contribution is 2.30. The van der Waals surface area contributed by atoms with Crippen LogP contribution in [0.15, 0.2) is 53.6 Å². The minimum atomic E-state index is -3.76. The molecule has 4 rings (SSSR count). The van der Waals surface area contributed by atoms with E-state index < -0.39 is 10.0 Å². The number of sulfonamides is 1. The molecule has 0 saturated heterocycles. The average molecular weight is 421 g/mol. The molecule has 154 valence electrons. The number of hydrogen-bond donors (Lipinski definition) is 1. The van der Waals surface area contributed by atoms with Crippen molar-refractivity contribution < 1.29 is 8.42 Å². The number of aryl methyl sites for hydroxylation is 5. The number of fused-ring (bicyclic) bond motifs is 1. The van der Waals surface area contributed by atoms with Crippen molar-refractivity contribution in [2.45, 2.75) is 39.5 Å². The second-order valence-corrected chi connectivity index (χ2v) is 9.39. The van der Waals surface area contributed by atoms with E-state index in [4.69, 9.17) is 0 Å². The third-order valence-electron chi connectivity index (χ3n) is 5.20. The molecule has 0 fully saturated rings. The van der Waals surface area contributed by atoms with Crippen molar-refractivity contribution in [3.05, 3.63) is 76.7 Å². The zero-order valence-electron chi connectivity index (χ0n) is 17.7. The number of benzene rings is 2. The van der Waals surface area contributed by atoms with Gasteiger partial charge in [-0.25, -0.2) is 17.9 Å². The maximum absolute atomic E-state index is 13.2. The van der Waals surface area contributed by atoms with Gasteiger partial charge in [-0.15, -0.1) is 0 Å². The first-order chi connectivity index (χ1) is 14.2. The predicted octanol–water partition coefficient (Wildman–Crippen LogP) is 4.74. The van der Waals surface area contributed by atoms with E-state index in [9.17, 15) is 8.42 Å². The Kier molecular flexibility index (Phi) is 4.86. The molecule has 0 radical (unpaired) electrons. The van der Waals surface area contributed by atoms with Crippen molar-refractivity contribution in [3.8, 4) is 11.1 Å². The summed E-state index contributed by atoms with van der Waals surface area (Å²) >= 11 is 0. The summed E-state index contributed by atoms with van der Waals surface area (Å²) in [6, 6.07) is 13.1. The number of anilines is 1. The summed E-state index contributed by atoms with van der Waals surface area (Å²) < 4.78 is 31.0. The maximum atomic E-state index is 13.2. The van der Waals surface area contributed by atoms with Crippen LogP contribution in [0, 0.1) is 34.6 Å². The van der Waals surface area contributed by atoms with Crippen LogP contribution in [0.2, 0.25) is 0 Å². The molecule has 0 aliphatic rings. The summed E-state index contributed by atoms with van der Waals surface area (Å²) in [6.07, 6.45) is 1.73. The van der Waals surface area contributed by atoms with E-state index in [0.29, 0.717) is 16.9 Å². The first-order valence-corrected chi connectivity index (χ1v) is 11.2. The molecule has 0 spiro atoms. The van der Waals surface area contributed by atoms with Crippen molar-refractivity contribution in [2.24, 2.45) is 0 Å². The Balaban J connectivity index is 1.82. The monoisotopic (exact) mass is 420 g/mol. The maximum Gasteiger partial charge on any atom is 0.262 e. The molecular weight excluding hydrogens is 396 g/mol. The molecule has 30 heavy (non-hydrogen) atoms. The molecule has 0 amide bonds. The Morgan fingerprint density at radius 2 is 1.63 bits per heavy atom. The Morgan fingerprint density at radius 1 is 0.900 bits per heavy atom. The summed E-state index contributed by atoms with van der Waals surface area (Å²) in [5.41, 5.74) is 7.25. The van der Waals surface area contributed by atoms with E-state index in [0.717, 1.165) is 33.6 Å². The van der Waals surface area contributed by atoms with Crippen LogP contribution >= 0.6 is 0 Å². The van der Waals surface area contributed by atoms with E-state index in [1.54, 1.807) is 23.7 Å². The fourth-order valence-corrected chi connectivity index (χ4v) is 4.97. The fraction of sp³-hybridized carbons (Fsp3) is 0.217.